The lowest BCUT2D eigenvalue weighted by atomic mass is 10.1. The van der Waals surface area contributed by atoms with Crippen molar-refractivity contribution in [1.82, 2.24) is 9.78 Å². The Morgan fingerprint density at radius 1 is 1.38 bits per heavy atom. The van der Waals surface area contributed by atoms with Gasteiger partial charge in [0.25, 0.3) is 0 Å². The van der Waals surface area contributed by atoms with Crippen LogP contribution in [-0.2, 0) is 0 Å². The van der Waals surface area contributed by atoms with Gasteiger partial charge in [-0.2, -0.15) is 5.10 Å². The van der Waals surface area contributed by atoms with Crippen molar-refractivity contribution in [2.75, 3.05) is 0 Å². The van der Waals surface area contributed by atoms with Crippen LogP contribution in [0.5, 0.6) is 0 Å². The molecule has 21 heavy (non-hydrogen) atoms. The average Bonchev–Trinajstić information content (AvgIpc) is 2.96. The molecule has 0 aliphatic rings. The Morgan fingerprint density at radius 3 is 2.76 bits per heavy atom. The Hall–Kier alpha value is -1.85. The summed E-state index contributed by atoms with van der Waals surface area (Å²) < 4.78 is 1.77. The number of fused-ring (bicyclic) bond motifs is 1. The topological polar surface area (TPSA) is 55.1 Å². The molecule has 0 aliphatic carbocycles. The standard InChI is InChI=1S/C15H13ClN2O2S/c1-8(2)13-11-7-12(15(19)20)21-14(11)18(17-13)10-5-3-4-9(16)6-10/h3-8H,1-2H3,(H,19,20). The second kappa shape index (κ2) is 5.16. The van der Waals surface area contributed by atoms with E-state index in [1.54, 1.807) is 16.8 Å². The fraction of sp³-hybridized carbons (Fsp3) is 0.200. The van der Waals surface area contributed by atoms with Gasteiger partial charge in [-0.25, -0.2) is 9.48 Å². The van der Waals surface area contributed by atoms with Gasteiger partial charge in [0.15, 0.2) is 0 Å². The maximum absolute atomic E-state index is 11.2. The van der Waals surface area contributed by atoms with E-state index in [1.165, 1.54) is 11.3 Å². The van der Waals surface area contributed by atoms with Gasteiger partial charge in [-0.15, -0.1) is 11.3 Å². The smallest absolute Gasteiger partial charge is 0.345 e. The van der Waals surface area contributed by atoms with Crippen LogP contribution in [0, 0.1) is 0 Å². The van der Waals surface area contributed by atoms with E-state index in [2.05, 4.69) is 5.10 Å². The maximum atomic E-state index is 11.2. The number of hydrogen-bond acceptors (Lipinski definition) is 3. The molecule has 0 spiro atoms. The molecule has 0 fully saturated rings. The molecule has 1 N–H and O–H groups in total. The van der Waals surface area contributed by atoms with Crippen molar-refractivity contribution < 1.29 is 9.90 Å². The van der Waals surface area contributed by atoms with Crippen LogP contribution in [0.4, 0.5) is 0 Å². The molecule has 3 rings (SSSR count). The summed E-state index contributed by atoms with van der Waals surface area (Å²) in [6, 6.07) is 9.07. The van der Waals surface area contributed by atoms with Crippen molar-refractivity contribution in [2.24, 2.45) is 0 Å². The SMILES string of the molecule is CC(C)c1nn(-c2cccc(Cl)c2)c2sc(C(=O)O)cc12. The van der Waals surface area contributed by atoms with Crippen LogP contribution in [0.3, 0.4) is 0 Å². The van der Waals surface area contributed by atoms with Crippen molar-refractivity contribution >= 4 is 39.1 Å². The largest absolute Gasteiger partial charge is 0.477 e. The molecule has 0 bridgehead atoms. The second-order valence-electron chi connectivity index (χ2n) is 5.07. The van der Waals surface area contributed by atoms with Crippen molar-refractivity contribution in [3.63, 3.8) is 0 Å². The minimum atomic E-state index is -0.913. The Balaban J connectivity index is 2.29. The summed E-state index contributed by atoms with van der Waals surface area (Å²) in [4.78, 5) is 12.4. The number of carboxylic acids is 1. The first kappa shape index (κ1) is 14.1. The summed E-state index contributed by atoms with van der Waals surface area (Å²) in [6.07, 6.45) is 0. The minimum absolute atomic E-state index is 0.212. The van der Waals surface area contributed by atoms with Gasteiger partial charge in [-0.3, -0.25) is 0 Å². The molecule has 0 saturated heterocycles. The van der Waals surface area contributed by atoms with E-state index in [0.29, 0.717) is 9.90 Å². The number of aromatic carboxylic acids is 1. The number of nitrogens with zero attached hydrogens (tertiary/aromatic N) is 2. The molecule has 108 valence electrons. The number of carboxylic acid groups (broad SMARTS) is 1. The molecular formula is C15H13ClN2O2S. The van der Waals surface area contributed by atoms with E-state index >= 15 is 0 Å². The molecule has 2 heterocycles. The Bertz CT molecular complexity index is 835. The first-order valence-corrected chi connectivity index (χ1v) is 7.68. The van der Waals surface area contributed by atoms with E-state index in [4.69, 9.17) is 11.6 Å². The highest BCUT2D eigenvalue weighted by atomic mass is 35.5. The number of rotatable bonds is 3. The number of carbonyl (C=O) groups is 1. The van der Waals surface area contributed by atoms with E-state index in [-0.39, 0.29) is 5.92 Å². The van der Waals surface area contributed by atoms with Crippen LogP contribution >= 0.6 is 22.9 Å². The summed E-state index contributed by atoms with van der Waals surface area (Å²) in [7, 11) is 0. The Kier molecular flexibility index (Phi) is 3.47. The van der Waals surface area contributed by atoms with Crippen LogP contribution in [-0.4, -0.2) is 20.9 Å². The molecule has 3 aromatic rings. The second-order valence-corrected chi connectivity index (χ2v) is 6.53. The highest BCUT2D eigenvalue weighted by molar-refractivity contribution is 7.20. The quantitative estimate of drug-likeness (QED) is 0.769. The zero-order valence-corrected chi connectivity index (χ0v) is 13.1. The fourth-order valence-corrected chi connectivity index (χ4v) is 3.41. The van der Waals surface area contributed by atoms with Crippen LogP contribution in [0.1, 0.15) is 35.1 Å². The van der Waals surface area contributed by atoms with Gasteiger partial charge in [0.05, 0.1) is 11.4 Å². The highest BCUT2D eigenvalue weighted by Gasteiger charge is 2.20. The zero-order valence-electron chi connectivity index (χ0n) is 11.5. The van der Waals surface area contributed by atoms with Crippen molar-refractivity contribution in [3.8, 4) is 5.69 Å². The molecule has 0 unspecified atom stereocenters. The van der Waals surface area contributed by atoms with E-state index in [0.717, 1.165) is 21.6 Å². The van der Waals surface area contributed by atoms with Crippen molar-refractivity contribution in [1.29, 1.82) is 0 Å². The maximum Gasteiger partial charge on any atom is 0.345 e. The third kappa shape index (κ3) is 2.43. The lowest BCUT2D eigenvalue weighted by Gasteiger charge is -2.03. The number of hydrogen-bond donors (Lipinski definition) is 1. The molecule has 2 aromatic heterocycles. The van der Waals surface area contributed by atoms with Crippen LogP contribution < -0.4 is 0 Å². The first-order chi connectivity index (χ1) is 9.97. The van der Waals surface area contributed by atoms with Gasteiger partial charge in [-0.05, 0) is 30.2 Å². The predicted octanol–water partition coefficient (Wildman–Crippen LogP) is 4.56. The van der Waals surface area contributed by atoms with Gasteiger partial charge >= 0.3 is 5.97 Å². The summed E-state index contributed by atoms with van der Waals surface area (Å²) in [5, 5.41) is 15.4. The lowest BCUT2D eigenvalue weighted by Crippen LogP contribution is -1.98. The summed E-state index contributed by atoms with van der Waals surface area (Å²) in [5.74, 6) is -0.701. The minimum Gasteiger partial charge on any atom is -0.477 e. The molecule has 0 saturated carbocycles. The number of aromatic nitrogens is 2. The molecule has 0 atom stereocenters. The van der Waals surface area contributed by atoms with Crippen molar-refractivity contribution in [3.05, 3.63) is 45.9 Å². The molecule has 6 heteroatoms. The Labute approximate surface area is 130 Å². The molecule has 1 aromatic carbocycles. The fourth-order valence-electron chi connectivity index (χ4n) is 2.24. The van der Waals surface area contributed by atoms with Gasteiger partial charge in [0.2, 0.25) is 0 Å². The monoisotopic (exact) mass is 320 g/mol. The molecule has 4 nitrogen and oxygen atoms in total. The normalized spacial score (nSPS) is 11.4. The summed E-state index contributed by atoms with van der Waals surface area (Å²) in [6.45, 7) is 4.09. The highest BCUT2D eigenvalue weighted by Crippen LogP contribution is 2.34. The average molecular weight is 321 g/mol. The van der Waals surface area contributed by atoms with E-state index in [1.807, 2.05) is 32.0 Å². The van der Waals surface area contributed by atoms with Crippen LogP contribution in [0.15, 0.2) is 30.3 Å². The van der Waals surface area contributed by atoms with Gasteiger partial charge in [0, 0.05) is 10.4 Å². The number of thiophene rings is 1. The van der Waals surface area contributed by atoms with Crippen LogP contribution in [0.25, 0.3) is 15.9 Å². The zero-order chi connectivity index (χ0) is 15.1. The molecule has 0 aliphatic heterocycles. The lowest BCUT2D eigenvalue weighted by molar-refractivity contribution is 0.0702. The van der Waals surface area contributed by atoms with E-state index in [9.17, 15) is 9.90 Å². The Morgan fingerprint density at radius 2 is 2.14 bits per heavy atom. The molecular weight excluding hydrogens is 308 g/mol. The number of halogens is 1. The predicted molar refractivity (Wildman–Crippen MR) is 85.0 cm³/mol. The third-order valence-electron chi connectivity index (χ3n) is 3.20. The van der Waals surface area contributed by atoms with Gasteiger partial charge < -0.3 is 5.11 Å². The molecule has 0 radical (unpaired) electrons. The molecule has 0 amide bonds. The third-order valence-corrected chi connectivity index (χ3v) is 4.53. The van der Waals surface area contributed by atoms with Crippen LogP contribution in [0.2, 0.25) is 5.02 Å². The van der Waals surface area contributed by atoms with Gasteiger partial charge in [0.1, 0.15) is 9.71 Å². The van der Waals surface area contributed by atoms with Crippen molar-refractivity contribution in [2.45, 2.75) is 19.8 Å². The number of benzene rings is 1. The van der Waals surface area contributed by atoms with E-state index < -0.39 is 5.97 Å². The first-order valence-electron chi connectivity index (χ1n) is 6.49. The summed E-state index contributed by atoms with van der Waals surface area (Å²) in [5.41, 5.74) is 1.73. The summed E-state index contributed by atoms with van der Waals surface area (Å²) >= 11 is 7.27. The van der Waals surface area contributed by atoms with Gasteiger partial charge in [-0.1, -0.05) is 31.5 Å².